The van der Waals surface area contributed by atoms with E-state index in [4.69, 9.17) is 9.47 Å². The molecule has 6 nitrogen and oxygen atoms in total. The topological polar surface area (TPSA) is 80.8 Å². The molecule has 7 heteroatoms. The molecule has 4 rings (SSSR count). The number of fused-ring (bicyclic) bond motifs is 1. The lowest BCUT2D eigenvalue weighted by atomic mass is 10.0. The molecule has 2 fully saturated rings. The Hall–Kier alpha value is -1.44. The molecule has 1 aromatic carbocycles. The number of nitrogens with two attached hydrogens (primary N) is 2. The lowest BCUT2D eigenvalue weighted by Gasteiger charge is -2.28. The molecular formula is C16H23N3O3S+2. The normalized spacial score (nSPS) is 24.8. The number of hydrogen-bond donors (Lipinski definition) is 3. The summed E-state index contributed by atoms with van der Waals surface area (Å²) < 4.78 is 10.7. The van der Waals surface area contributed by atoms with E-state index in [2.05, 4.69) is 16.0 Å². The zero-order valence-corrected chi connectivity index (χ0v) is 13.9. The van der Waals surface area contributed by atoms with Gasteiger partial charge in [0, 0.05) is 6.54 Å². The molecule has 3 aliphatic heterocycles. The number of quaternary nitrogens is 2. The molecule has 23 heavy (non-hydrogen) atoms. The van der Waals surface area contributed by atoms with E-state index in [1.807, 2.05) is 30.0 Å². The molecule has 5 N–H and O–H groups in total. The van der Waals surface area contributed by atoms with Crippen LogP contribution in [0.25, 0.3) is 0 Å². The fourth-order valence-corrected chi connectivity index (χ4v) is 5.06. The van der Waals surface area contributed by atoms with Gasteiger partial charge in [0.05, 0.1) is 31.7 Å². The number of carbonyl (C=O) groups excluding carboxylic acids is 1. The molecule has 3 heterocycles. The van der Waals surface area contributed by atoms with Gasteiger partial charge in [-0.15, -0.1) is 0 Å². The average Bonchev–Trinajstić information content (AvgIpc) is 3.20. The van der Waals surface area contributed by atoms with Crippen molar-refractivity contribution in [2.75, 3.05) is 25.6 Å². The molecule has 0 unspecified atom stereocenters. The van der Waals surface area contributed by atoms with Gasteiger partial charge in [-0.1, -0.05) is 17.8 Å². The summed E-state index contributed by atoms with van der Waals surface area (Å²) in [5, 5.41) is 7.74. The standard InChI is InChI=1S/C16H21N3O3S/c20-15(12-9-23-16(19-12)3-5-17-6-4-16)18-8-11-1-2-13-14(7-11)22-10-21-13/h1-2,7,12,17,19H,3-6,8-10H2,(H,18,20)/p+2/t12-/m0/s1. The van der Waals surface area contributed by atoms with Gasteiger partial charge in [0.25, 0.3) is 5.91 Å². The highest BCUT2D eigenvalue weighted by molar-refractivity contribution is 8.00. The minimum Gasteiger partial charge on any atom is -0.454 e. The van der Waals surface area contributed by atoms with Crippen LogP contribution in [-0.2, 0) is 11.3 Å². The van der Waals surface area contributed by atoms with Crippen molar-refractivity contribution in [1.29, 1.82) is 0 Å². The number of ether oxygens (including phenoxy) is 2. The third kappa shape index (κ3) is 3.13. The predicted octanol–water partition coefficient (Wildman–Crippen LogP) is -1.24. The van der Waals surface area contributed by atoms with E-state index in [1.54, 1.807) is 0 Å². The molecule has 0 aliphatic carbocycles. The van der Waals surface area contributed by atoms with Gasteiger partial charge < -0.3 is 25.4 Å². The number of thioether (sulfide) groups is 1. The Kier molecular flexibility index (Phi) is 4.09. The maximum atomic E-state index is 12.5. The zero-order valence-electron chi connectivity index (χ0n) is 13.0. The minimum absolute atomic E-state index is 0.0344. The molecule has 124 valence electrons. The molecule has 1 amide bonds. The van der Waals surface area contributed by atoms with Crippen molar-refractivity contribution in [3.8, 4) is 11.5 Å². The number of nitrogens with one attached hydrogen (secondary N) is 1. The number of piperidine rings is 1. The van der Waals surface area contributed by atoms with Crippen LogP contribution in [0.2, 0.25) is 0 Å². The van der Waals surface area contributed by atoms with Crippen molar-refractivity contribution >= 4 is 17.7 Å². The first kappa shape index (κ1) is 15.1. The molecule has 0 saturated carbocycles. The van der Waals surface area contributed by atoms with Gasteiger partial charge in [0.15, 0.2) is 22.4 Å². The molecule has 1 atom stereocenters. The molecule has 0 bridgehead atoms. The van der Waals surface area contributed by atoms with Crippen molar-refractivity contribution in [2.24, 2.45) is 0 Å². The molecular weight excluding hydrogens is 314 g/mol. The van der Waals surface area contributed by atoms with Crippen LogP contribution in [0.3, 0.4) is 0 Å². The smallest absolute Gasteiger partial charge is 0.279 e. The van der Waals surface area contributed by atoms with Gasteiger partial charge in [-0.05, 0) is 17.7 Å². The van der Waals surface area contributed by atoms with Crippen LogP contribution in [0.4, 0.5) is 0 Å². The van der Waals surface area contributed by atoms with E-state index in [0.29, 0.717) is 6.54 Å². The Morgan fingerprint density at radius 1 is 1.30 bits per heavy atom. The van der Waals surface area contributed by atoms with E-state index in [1.165, 1.54) is 25.9 Å². The van der Waals surface area contributed by atoms with Crippen LogP contribution in [0.5, 0.6) is 11.5 Å². The Balaban J connectivity index is 1.32. The quantitative estimate of drug-likeness (QED) is 0.645. The summed E-state index contributed by atoms with van der Waals surface area (Å²) in [6.07, 6.45) is 2.37. The third-order valence-electron chi connectivity index (χ3n) is 4.84. The SMILES string of the molecule is O=C(NCc1ccc2c(c1)OCO2)[C@@H]1CSC2(CC[NH2+]CC2)[NH2+]1. The predicted molar refractivity (Wildman–Crippen MR) is 86.2 cm³/mol. The van der Waals surface area contributed by atoms with Gasteiger partial charge in [-0.2, -0.15) is 0 Å². The Labute approximate surface area is 139 Å². The highest BCUT2D eigenvalue weighted by Gasteiger charge is 2.48. The molecule has 3 aliphatic rings. The van der Waals surface area contributed by atoms with Crippen LogP contribution in [-0.4, -0.2) is 42.5 Å². The highest BCUT2D eigenvalue weighted by atomic mass is 32.2. The highest BCUT2D eigenvalue weighted by Crippen LogP contribution is 2.33. The van der Waals surface area contributed by atoms with Crippen molar-refractivity contribution in [3.05, 3.63) is 23.8 Å². The van der Waals surface area contributed by atoms with Crippen LogP contribution in [0.1, 0.15) is 18.4 Å². The second kappa shape index (κ2) is 6.22. The first-order valence-corrected chi connectivity index (χ1v) is 9.21. The molecule has 1 spiro atoms. The van der Waals surface area contributed by atoms with E-state index in [9.17, 15) is 4.79 Å². The molecule has 2 saturated heterocycles. The molecule has 0 aromatic heterocycles. The van der Waals surface area contributed by atoms with E-state index < -0.39 is 0 Å². The van der Waals surface area contributed by atoms with Crippen molar-refractivity contribution in [2.45, 2.75) is 30.3 Å². The Bertz CT molecular complexity index is 604. The van der Waals surface area contributed by atoms with Gasteiger partial charge in [0.1, 0.15) is 0 Å². The molecule has 1 aromatic rings. The summed E-state index contributed by atoms with van der Waals surface area (Å²) in [6, 6.07) is 5.84. The summed E-state index contributed by atoms with van der Waals surface area (Å²) >= 11 is 1.97. The Morgan fingerprint density at radius 2 is 2.13 bits per heavy atom. The van der Waals surface area contributed by atoms with E-state index in [-0.39, 0.29) is 23.6 Å². The van der Waals surface area contributed by atoms with Crippen molar-refractivity contribution < 1.29 is 24.9 Å². The summed E-state index contributed by atoms with van der Waals surface area (Å²) in [6.45, 7) is 3.16. The zero-order chi connectivity index (χ0) is 15.7. The lowest BCUT2D eigenvalue weighted by Crippen LogP contribution is -3.03. The van der Waals surface area contributed by atoms with Crippen molar-refractivity contribution in [1.82, 2.24) is 5.32 Å². The van der Waals surface area contributed by atoms with Gasteiger partial charge >= 0.3 is 0 Å². The van der Waals surface area contributed by atoms with E-state index in [0.717, 1.165) is 22.8 Å². The average molecular weight is 337 g/mol. The van der Waals surface area contributed by atoms with Crippen LogP contribution in [0.15, 0.2) is 18.2 Å². The van der Waals surface area contributed by atoms with Gasteiger partial charge in [-0.3, -0.25) is 4.79 Å². The van der Waals surface area contributed by atoms with Gasteiger partial charge in [-0.25, -0.2) is 0 Å². The first-order chi connectivity index (χ1) is 11.2. The number of benzene rings is 1. The number of carbonyl (C=O) groups is 1. The first-order valence-electron chi connectivity index (χ1n) is 8.22. The number of hydrogen-bond acceptors (Lipinski definition) is 4. The van der Waals surface area contributed by atoms with Crippen LogP contribution in [0, 0.1) is 0 Å². The van der Waals surface area contributed by atoms with Crippen LogP contribution >= 0.6 is 11.8 Å². The summed E-state index contributed by atoms with van der Waals surface area (Å²) in [5.74, 6) is 2.59. The largest absolute Gasteiger partial charge is 0.454 e. The summed E-state index contributed by atoms with van der Waals surface area (Å²) in [5.41, 5.74) is 1.04. The monoisotopic (exact) mass is 337 g/mol. The van der Waals surface area contributed by atoms with E-state index >= 15 is 0 Å². The molecule has 0 radical (unpaired) electrons. The summed E-state index contributed by atoms with van der Waals surface area (Å²) in [7, 11) is 0. The number of rotatable bonds is 3. The second-order valence-electron chi connectivity index (χ2n) is 6.42. The Morgan fingerprint density at radius 3 is 3.00 bits per heavy atom. The fraction of sp³-hybridized carbons (Fsp3) is 0.562. The lowest BCUT2D eigenvalue weighted by molar-refractivity contribution is -0.747. The van der Waals surface area contributed by atoms with Gasteiger partial charge in [0.2, 0.25) is 6.79 Å². The second-order valence-corrected chi connectivity index (χ2v) is 7.86. The summed E-state index contributed by atoms with van der Waals surface area (Å²) in [4.78, 5) is 12.7. The van der Waals surface area contributed by atoms with Crippen molar-refractivity contribution in [3.63, 3.8) is 0 Å². The third-order valence-corrected chi connectivity index (χ3v) is 6.48. The maximum Gasteiger partial charge on any atom is 0.279 e. The maximum absolute atomic E-state index is 12.5. The van der Waals surface area contributed by atoms with Crippen LogP contribution < -0.4 is 25.4 Å². The minimum atomic E-state index is 0.0344. The fourth-order valence-electron chi connectivity index (χ4n) is 3.51. The number of amides is 1.